The van der Waals surface area contributed by atoms with Crippen molar-refractivity contribution >= 4 is 15.9 Å². The molecule has 1 aromatic carbocycles. The number of amides is 1. The van der Waals surface area contributed by atoms with Crippen LogP contribution in [0, 0.1) is 11.3 Å². The summed E-state index contributed by atoms with van der Waals surface area (Å²) in [6.07, 6.45) is 1.38. The van der Waals surface area contributed by atoms with Gasteiger partial charge in [0.1, 0.15) is 24.2 Å². The first-order valence-corrected chi connectivity index (χ1v) is 10.5. The Morgan fingerprint density at radius 2 is 2.14 bits per heavy atom. The average molecular weight is 403 g/mol. The van der Waals surface area contributed by atoms with Crippen LogP contribution >= 0.6 is 0 Å². The van der Waals surface area contributed by atoms with E-state index in [9.17, 15) is 13.2 Å². The van der Waals surface area contributed by atoms with Gasteiger partial charge in [0, 0.05) is 12.6 Å². The lowest BCUT2D eigenvalue weighted by molar-refractivity contribution is 0.0712. The van der Waals surface area contributed by atoms with Gasteiger partial charge in [-0.15, -0.1) is 0 Å². The lowest BCUT2D eigenvalue weighted by atomic mass is 10.2. The molecule has 1 saturated heterocycles. The highest BCUT2D eigenvalue weighted by Crippen LogP contribution is 2.23. The van der Waals surface area contributed by atoms with Crippen LogP contribution in [0.3, 0.4) is 0 Å². The van der Waals surface area contributed by atoms with Gasteiger partial charge in [0.15, 0.2) is 5.76 Å². The van der Waals surface area contributed by atoms with Crippen molar-refractivity contribution in [1.82, 2.24) is 9.62 Å². The summed E-state index contributed by atoms with van der Waals surface area (Å²) in [5.74, 6) is 0.552. The fourth-order valence-corrected chi connectivity index (χ4v) is 4.18. The molecular weight excluding hydrogens is 382 g/mol. The van der Waals surface area contributed by atoms with E-state index in [0.717, 1.165) is 6.42 Å². The van der Waals surface area contributed by atoms with Crippen molar-refractivity contribution in [1.29, 1.82) is 5.26 Å². The van der Waals surface area contributed by atoms with Crippen molar-refractivity contribution in [2.45, 2.75) is 25.5 Å². The zero-order chi connectivity index (χ0) is 20.1. The second-order valence-corrected chi connectivity index (χ2v) is 8.41. The third-order valence-electron chi connectivity index (χ3n) is 4.61. The van der Waals surface area contributed by atoms with Crippen molar-refractivity contribution in [3.63, 3.8) is 0 Å². The van der Waals surface area contributed by atoms with E-state index >= 15 is 0 Å². The normalized spacial score (nSPS) is 16.7. The summed E-state index contributed by atoms with van der Waals surface area (Å²) < 4.78 is 37.1. The van der Waals surface area contributed by atoms with Gasteiger partial charge < -0.3 is 14.1 Å². The summed E-state index contributed by atoms with van der Waals surface area (Å²) in [6.45, 7) is 0.564. The van der Waals surface area contributed by atoms with E-state index in [4.69, 9.17) is 14.4 Å². The molecule has 1 N–H and O–H groups in total. The number of nitrogens with one attached hydrogen (secondary N) is 1. The lowest BCUT2D eigenvalue weighted by Crippen LogP contribution is -2.41. The molecule has 1 fully saturated rings. The SMILES string of the molecule is CNS(=O)(=O)CC1CCCN1C(=O)c1ccc(COc2ccccc2C#N)o1. The molecule has 2 heterocycles. The Morgan fingerprint density at radius 3 is 2.89 bits per heavy atom. The molecule has 1 atom stereocenters. The van der Waals surface area contributed by atoms with Crippen LogP contribution in [0.2, 0.25) is 0 Å². The van der Waals surface area contributed by atoms with E-state index in [-0.39, 0.29) is 30.1 Å². The molecule has 1 unspecified atom stereocenters. The molecule has 3 rings (SSSR count). The first-order chi connectivity index (χ1) is 13.4. The number of likely N-dealkylation sites (tertiary alicyclic amines) is 1. The largest absolute Gasteiger partial charge is 0.484 e. The Balaban J connectivity index is 1.66. The first-order valence-electron chi connectivity index (χ1n) is 8.86. The van der Waals surface area contributed by atoms with Crippen LogP contribution in [0.1, 0.15) is 34.7 Å². The predicted octanol–water partition coefficient (Wildman–Crippen LogP) is 1.88. The van der Waals surface area contributed by atoms with Crippen LogP contribution < -0.4 is 9.46 Å². The molecule has 0 aliphatic carbocycles. The third kappa shape index (κ3) is 4.52. The number of benzene rings is 1. The fourth-order valence-electron chi connectivity index (χ4n) is 3.16. The predicted molar refractivity (Wildman–Crippen MR) is 101 cm³/mol. The zero-order valence-electron chi connectivity index (χ0n) is 15.4. The fraction of sp³-hybridized carbons (Fsp3) is 0.368. The molecule has 0 bridgehead atoms. The van der Waals surface area contributed by atoms with Gasteiger partial charge in [-0.1, -0.05) is 12.1 Å². The summed E-state index contributed by atoms with van der Waals surface area (Å²) in [5.41, 5.74) is 0.413. The number of sulfonamides is 1. The Morgan fingerprint density at radius 1 is 1.36 bits per heavy atom. The van der Waals surface area contributed by atoms with Gasteiger partial charge in [0.05, 0.1) is 11.3 Å². The molecule has 28 heavy (non-hydrogen) atoms. The van der Waals surface area contributed by atoms with Crippen LogP contribution in [0.4, 0.5) is 0 Å². The van der Waals surface area contributed by atoms with Gasteiger partial charge in [-0.3, -0.25) is 4.79 Å². The molecule has 148 valence electrons. The van der Waals surface area contributed by atoms with Crippen LogP contribution in [-0.4, -0.2) is 44.6 Å². The number of rotatable bonds is 7. The second kappa shape index (κ2) is 8.46. The maximum Gasteiger partial charge on any atom is 0.289 e. The number of furan rings is 1. The van der Waals surface area contributed by atoms with Crippen molar-refractivity contribution in [3.05, 3.63) is 53.5 Å². The van der Waals surface area contributed by atoms with Crippen LogP contribution in [0.5, 0.6) is 5.75 Å². The molecule has 0 saturated carbocycles. The Kier molecular flexibility index (Phi) is 6.02. The summed E-state index contributed by atoms with van der Waals surface area (Å²) in [6, 6.07) is 11.7. The maximum absolute atomic E-state index is 12.8. The second-order valence-electron chi connectivity index (χ2n) is 6.44. The van der Waals surface area contributed by atoms with E-state index in [1.54, 1.807) is 41.3 Å². The van der Waals surface area contributed by atoms with Gasteiger partial charge in [0.25, 0.3) is 5.91 Å². The van der Waals surface area contributed by atoms with Gasteiger partial charge in [-0.2, -0.15) is 5.26 Å². The van der Waals surface area contributed by atoms with Crippen molar-refractivity contribution in [2.24, 2.45) is 0 Å². The van der Waals surface area contributed by atoms with Crippen LogP contribution in [0.15, 0.2) is 40.8 Å². The summed E-state index contributed by atoms with van der Waals surface area (Å²) in [4.78, 5) is 14.3. The van der Waals surface area contributed by atoms with E-state index in [1.165, 1.54) is 7.05 Å². The molecule has 8 nitrogen and oxygen atoms in total. The average Bonchev–Trinajstić information content (AvgIpc) is 3.35. The number of carbonyl (C=O) groups excluding carboxylic acids is 1. The quantitative estimate of drug-likeness (QED) is 0.755. The minimum atomic E-state index is -3.41. The minimum Gasteiger partial charge on any atom is -0.484 e. The molecule has 1 aliphatic heterocycles. The molecule has 2 aromatic rings. The first kappa shape index (κ1) is 19.9. The Labute approximate surface area is 163 Å². The standard InChI is InChI=1S/C19H21N3O5S/c1-21-28(24,25)13-15-6-4-10-22(15)19(23)18-9-8-16(27-18)12-26-17-7-3-2-5-14(17)11-20/h2-3,5,7-9,15,21H,4,6,10,12-13H2,1H3. The topological polar surface area (TPSA) is 113 Å². The zero-order valence-corrected chi connectivity index (χ0v) is 16.2. The third-order valence-corrected chi connectivity index (χ3v) is 6.06. The van der Waals surface area contributed by atoms with E-state index < -0.39 is 10.0 Å². The molecular formula is C19H21N3O5S. The molecule has 0 radical (unpaired) electrons. The highest BCUT2D eigenvalue weighted by Gasteiger charge is 2.33. The highest BCUT2D eigenvalue weighted by atomic mass is 32.2. The number of hydrogen-bond donors (Lipinski definition) is 1. The lowest BCUT2D eigenvalue weighted by Gasteiger charge is -2.23. The monoisotopic (exact) mass is 403 g/mol. The van der Waals surface area contributed by atoms with Gasteiger partial charge in [0.2, 0.25) is 10.0 Å². The van der Waals surface area contributed by atoms with Crippen LogP contribution in [-0.2, 0) is 16.6 Å². The smallest absolute Gasteiger partial charge is 0.289 e. The maximum atomic E-state index is 12.8. The molecule has 0 spiro atoms. The summed E-state index contributed by atoms with van der Waals surface area (Å²) in [7, 11) is -2.05. The van der Waals surface area contributed by atoms with Gasteiger partial charge in [-0.25, -0.2) is 13.1 Å². The number of para-hydroxylation sites is 1. The molecule has 1 aromatic heterocycles. The Bertz CT molecular complexity index is 993. The number of nitrogens with zero attached hydrogens (tertiary/aromatic N) is 2. The van der Waals surface area contributed by atoms with Crippen molar-refractivity contribution < 1.29 is 22.4 Å². The molecule has 9 heteroatoms. The summed E-state index contributed by atoms with van der Waals surface area (Å²) >= 11 is 0. The summed E-state index contributed by atoms with van der Waals surface area (Å²) in [5, 5.41) is 9.09. The molecule has 1 aliphatic rings. The number of nitriles is 1. The highest BCUT2D eigenvalue weighted by molar-refractivity contribution is 7.89. The van der Waals surface area contributed by atoms with E-state index in [2.05, 4.69) is 4.72 Å². The minimum absolute atomic E-state index is 0.0730. The number of carbonyl (C=O) groups is 1. The van der Waals surface area contributed by atoms with E-state index in [1.807, 2.05) is 6.07 Å². The van der Waals surface area contributed by atoms with Gasteiger partial charge >= 0.3 is 0 Å². The van der Waals surface area contributed by atoms with Crippen molar-refractivity contribution in [3.8, 4) is 11.8 Å². The van der Waals surface area contributed by atoms with Gasteiger partial charge in [-0.05, 0) is 44.2 Å². The van der Waals surface area contributed by atoms with Crippen LogP contribution in [0.25, 0.3) is 0 Å². The molecule has 1 amide bonds. The Hall–Kier alpha value is -2.83. The number of ether oxygens (including phenoxy) is 1. The van der Waals surface area contributed by atoms with Crippen molar-refractivity contribution in [2.75, 3.05) is 19.3 Å². The number of hydrogen-bond acceptors (Lipinski definition) is 6. The van der Waals surface area contributed by atoms with E-state index in [0.29, 0.717) is 30.0 Å².